The Bertz CT molecular complexity index is 1010. The summed E-state index contributed by atoms with van der Waals surface area (Å²) in [7, 11) is -1.95. The van der Waals surface area contributed by atoms with E-state index < -0.39 is 46.7 Å². The molecule has 3 aliphatic rings. The third kappa shape index (κ3) is 3.57. The molecule has 32 heavy (non-hydrogen) atoms. The number of β-lactam (4-membered cyclic amide) rings is 1. The smallest absolute Gasteiger partial charge is 0.353 e. The van der Waals surface area contributed by atoms with E-state index in [1.54, 1.807) is 36.1 Å². The lowest BCUT2D eigenvalue weighted by Crippen LogP contribution is -2.63. The van der Waals surface area contributed by atoms with Gasteiger partial charge in [-0.25, -0.2) is 9.00 Å². The summed E-state index contributed by atoms with van der Waals surface area (Å²) in [4.78, 5) is 41.2. The number of hydrogen-bond donors (Lipinski definition) is 2. The third-order valence-electron chi connectivity index (χ3n) is 6.72. The number of aliphatic hydroxyl groups is 1. The first-order chi connectivity index (χ1) is 15.3. The molecule has 0 aromatic heterocycles. The minimum absolute atomic E-state index is 0.120. The van der Waals surface area contributed by atoms with Gasteiger partial charge in [-0.2, -0.15) is 0 Å². The number of carboxylic acid groups (broad SMARTS) is 1. The van der Waals surface area contributed by atoms with E-state index in [0.29, 0.717) is 18.7 Å². The molecule has 0 radical (unpaired) electrons. The van der Waals surface area contributed by atoms with Crippen molar-refractivity contribution in [2.75, 3.05) is 13.1 Å². The third-order valence-corrected chi connectivity index (χ3v) is 8.44. The molecule has 0 bridgehead atoms. The van der Waals surface area contributed by atoms with Crippen molar-refractivity contribution in [1.29, 1.82) is 0 Å². The molecule has 1 aromatic rings. The summed E-state index contributed by atoms with van der Waals surface area (Å²) in [5.74, 6) is -3.28. The number of fused-ring (bicyclic) bond motifs is 1. The van der Waals surface area contributed by atoms with Crippen LogP contribution in [0.5, 0.6) is 0 Å². The lowest BCUT2D eigenvalue weighted by atomic mass is 9.79. The van der Waals surface area contributed by atoms with Crippen LogP contribution in [0.4, 0.5) is 0 Å². The zero-order chi connectivity index (χ0) is 23.2. The van der Waals surface area contributed by atoms with Crippen LogP contribution in [0.15, 0.2) is 39.8 Å². The molecule has 0 aliphatic carbocycles. The minimum Gasteiger partial charge on any atom is -0.477 e. The number of benzene rings is 1. The fourth-order valence-electron chi connectivity index (χ4n) is 5.14. The molecule has 4 unspecified atom stereocenters. The Morgan fingerprint density at radius 3 is 2.34 bits per heavy atom. The number of aliphatic carboxylic acids is 1. The van der Waals surface area contributed by atoms with E-state index in [1.807, 2.05) is 0 Å². The van der Waals surface area contributed by atoms with Crippen LogP contribution in [-0.2, 0) is 20.4 Å². The van der Waals surface area contributed by atoms with Crippen molar-refractivity contribution in [1.82, 2.24) is 9.80 Å². The standard InChI is InChI=1S/C23H28N2O6S/c1-13-18-17(14(2)26)22(28)25(18)19(23(29)30)20(13)32(31)16-10-6-5-9-15(16)21(27)24-11-7-3-4-8-12-24/h5-6,9-10,13-14,17-18,26H,3-4,7-8,11-12H2,1-2H3,(H,29,30)/t13?,14?,17?,18-,32?/m0/s1. The Labute approximate surface area is 189 Å². The SMILES string of the molecule is CC(O)C1C(=O)N2C(C(=O)O)=C(S(=O)c3ccccc3C(=O)N3CCCCCC3)C(C)[C@@H]12. The molecular formula is C23H28N2O6S. The van der Waals surface area contributed by atoms with Crippen LogP contribution in [0, 0.1) is 11.8 Å². The average Bonchev–Trinajstić information content (AvgIpc) is 2.91. The van der Waals surface area contributed by atoms with Gasteiger partial charge in [0, 0.05) is 19.0 Å². The van der Waals surface area contributed by atoms with Crippen molar-refractivity contribution < 1.29 is 28.8 Å². The van der Waals surface area contributed by atoms with Gasteiger partial charge in [0.25, 0.3) is 5.91 Å². The van der Waals surface area contributed by atoms with Crippen LogP contribution < -0.4 is 0 Å². The van der Waals surface area contributed by atoms with Gasteiger partial charge in [-0.15, -0.1) is 0 Å². The van der Waals surface area contributed by atoms with Gasteiger partial charge in [-0.05, 0) is 31.9 Å². The Balaban J connectivity index is 1.73. The molecule has 3 heterocycles. The van der Waals surface area contributed by atoms with Crippen molar-refractivity contribution in [3.05, 3.63) is 40.4 Å². The zero-order valence-electron chi connectivity index (χ0n) is 18.2. The van der Waals surface area contributed by atoms with Gasteiger partial charge in [-0.3, -0.25) is 9.59 Å². The maximum Gasteiger partial charge on any atom is 0.353 e. The molecule has 9 heteroatoms. The highest BCUT2D eigenvalue weighted by Crippen LogP contribution is 2.49. The summed E-state index contributed by atoms with van der Waals surface area (Å²) in [5, 5.41) is 19.9. The molecule has 3 aliphatic heterocycles. The Morgan fingerprint density at radius 2 is 1.75 bits per heavy atom. The largest absolute Gasteiger partial charge is 0.477 e. The van der Waals surface area contributed by atoms with Crippen molar-refractivity contribution in [3.63, 3.8) is 0 Å². The number of carboxylic acids is 1. The topological polar surface area (TPSA) is 115 Å². The average molecular weight is 461 g/mol. The molecule has 2 fully saturated rings. The second kappa shape index (κ2) is 8.78. The maximum atomic E-state index is 13.8. The number of carbonyl (C=O) groups excluding carboxylic acids is 2. The van der Waals surface area contributed by atoms with E-state index in [-0.39, 0.29) is 21.4 Å². The summed E-state index contributed by atoms with van der Waals surface area (Å²) >= 11 is 0. The van der Waals surface area contributed by atoms with Crippen LogP contribution in [0.25, 0.3) is 0 Å². The van der Waals surface area contributed by atoms with Crippen molar-refractivity contribution >= 4 is 28.6 Å². The van der Waals surface area contributed by atoms with Gasteiger partial charge in [0.15, 0.2) is 0 Å². The number of amides is 2. The van der Waals surface area contributed by atoms with Crippen LogP contribution in [0.1, 0.15) is 49.9 Å². The summed E-state index contributed by atoms with van der Waals surface area (Å²) < 4.78 is 13.8. The van der Waals surface area contributed by atoms with Crippen LogP contribution in [-0.4, -0.2) is 67.2 Å². The first kappa shape index (κ1) is 22.7. The molecule has 4 rings (SSSR count). The number of nitrogens with zero attached hydrogens (tertiary/aromatic N) is 2. The highest BCUT2D eigenvalue weighted by Gasteiger charge is 2.61. The minimum atomic E-state index is -1.95. The number of rotatable bonds is 5. The van der Waals surface area contributed by atoms with Crippen molar-refractivity contribution in [2.45, 2.75) is 56.6 Å². The summed E-state index contributed by atoms with van der Waals surface area (Å²) in [6, 6.07) is 6.03. The fraction of sp³-hybridized carbons (Fsp3) is 0.522. The van der Waals surface area contributed by atoms with Gasteiger partial charge < -0.3 is 20.0 Å². The second-order valence-corrected chi connectivity index (χ2v) is 10.2. The van der Waals surface area contributed by atoms with E-state index in [2.05, 4.69) is 0 Å². The Hall–Kier alpha value is -2.52. The van der Waals surface area contributed by atoms with E-state index in [9.17, 15) is 28.8 Å². The molecule has 5 atom stereocenters. The molecule has 172 valence electrons. The number of likely N-dealkylation sites (tertiary alicyclic amines) is 1. The van der Waals surface area contributed by atoms with Gasteiger partial charge in [0.2, 0.25) is 5.91 Å². The molecular weight excluding hydrogens is 432 g/mol. The monoisotopic (exact) mass is 460 g/mol. The molecule has 8 nitrogen and oxygen atoms in total. The molecule has 2 saturated heterocycles. The van der Waals surface area contributed by atoms with Gasteiger partial charge >= 0.3 is 5.97 Å². The molecule has 2 amide bonds. The van der Waals surface area contributed by atoms with Crippen LogP contribution >= 0.6 is 0 Å². The van der Waals surface area contributed by atoms with E-state index in [1.165, 1.54) is 6.92 Å². The second-order valence-electron chi connectivity index (χ2n) is 8.74. The highest BCUT2D eigenvalue weighted by atomic mass is 32.2. The quantitative estimate of drug-likeness (QED) is 0.649. The van der Waals surface area contributed by atoms with Gasteiger partial charge in [0.05, 0.1) is 44.2 Å². The molecule has 0 spiro atoms. The highest BCUT2D eigenvalue weighted by molar-refractivity contribution is 7.89. The first-order valence-corrected chi connectivity index (χ1v) is 12.2. The predicted octanol–water partition coefficient (Wildman–Crippen LogP) is 1.96. The summed E-state index contributed by atoms with van der Waals surface area (Å²) in [6.07, 6.45) is 3.04. The molecule has 0 saturated carbocycles. The van der Waals surface area contributed by atoms with Gasteiger partial charge in [-0.1, -0.05) is 31.9 Å². The lowest BCUT2D eigenvalue weighted by molar-refractivity contribution is -0.163. The summed E-state index contributed by atoms with van der Waals surface area (Å²) in [5.41, 5.74) is 0.00424. The van der Waals surface area contributed by atoms with Gasteiger partial charge in [0.1, 0.15) is 5.70 Å². The normalized spacial score (nSPS) is 27.5. The van der Waals surface area contributed by atoms with Crippen molar-refractivity contribution in [2.24, 2.45) is 11.8 Å². The predicted molar refractivity (Wildman–Crippen MR) is 117 cm³/mol. The van der Waals surface area contributed by atoms with Crippen molar-refractivity contribution in [3.8, 4) is 0 Å². The number of aliphatic hydroxyl groups excluding tert-OH is 1. The van der Waals surface area contributed by atoms with Crippen LogP contribution in [0.2, 0.25) is 0 Å². The fourth-order valence-corrected chi connectivity index (χ4v) is 6.77. The molecule has 2 N–H and O–H groups in total. The van der Waals surface area contributed by atoms with Crippen LogP contribution in [0.3, 0.4) is 0 Å². The Kier molecular flexibility index (Phi) is 6.22. The maximum absolute atomic E-state index is 13.8. The van der Waals surface area contributed by atoms with E-state index in [0.717, 1.165) is 30.6 Å². The Morgan fingerprint density at radius 1 is 1.12 bits per heavy atom. The zero-order valence-corrected chi connectivity index (χ0v) is 19.0. The molecule has 1 aromatic carbocycles. The first-order valence-electron chi connectivity index (χ1n) is 11.0. The van der Waals surface area contributed by atoms with E-state index >= 15 is 0 Å². The number of carbonyl (C=O) groups is 3. The lowest BCUT2D eigenvalue weighted by Gasteiger charge is -2.46. The number of hydrogen-bond acceptors (Lipinski definition) is 5. The van der Waals surface area contributed by atoms with E-state index in [4.69, 9.17) is 0 Å². The summed E-state index contributed by atoms with van der Waals surface area (Å²) in [6.45, 7) is 4.50.